The van der Waals surface area contributed by atoms with E-state index in [0.717, 1.165) is 25.0 Å². The van der Waals surface area contributed by atoms with Gasteiger partial charge in [0.1, 0.15) is 0 Å². The summed E-state index contributed by atoms with van der Waals surface area (Å²) in [6, 6.07) is 0.802. The van der Waals surface area contributed by atoms with E-state index < -0.39 is 0 Å². The van der Waals surface area contributed by atoms with Crippen molar-refractivity contribution in [3.05, 3.63) is 0 Å². The van der Waals surface area contributed by atoms with Crippen LogP contribution in [0.2, 0.25) is 0 Å². The van der Waals surface area contributed by atoms with Crippen LogP contribution in [0.1, 0.15) is 32.1 Å². The molecule has 0 aromatic rings. The van der Waals surface area contributed by atoms with Crippen molar-refractivity contribution in [2.24, 2.45) is 11.8 Å². The zero-order valence-corrected chi connectivity index (χ0v) is 11.6. The van der Waals surface area contributed by atoms with E-state index in [0.29, 0.717) is 0 Å². The SMILES string of the molecule is NN1CCC(N2CCN(CC3CCC3)CC2)CC1. The molecule has 2 heterocycles. The van der Waals surface area contributed by atoms with Gasteiger partial charge in [0.25, 0.3) is 0 Å². The summed E-state index contributed by atoms with van der Waals surface area (Å²) in [5, 5.41) is 1.98. The van der Waals surface area contributed by atoms with Gasteiger partial charge in [0.05, 0.1) is 0 Å². The Hall–Kier alpha value is -0.160. The summed E-state index contributed by atoms with van der Waals surface area (Å²) in [6.45, 7) is 8.66. The molecule has 0 spiro atoms. The Balaban J connectivity index is 1.39. The molecule has 4 heteroatoms. The molecule has 0 aromatic carbocycles. The van der Waals surface area contributed by atoms with E-state index >= 15 is 0 Å². The van der Waals surface area contributed by atoms with Crippen LogP contribution < -0.4 is 5.84 Å². The highest BCUT2D eigenvalue weighted by Gasteiger charge is 2.28. The van der Waals surface area contributed by atoms with Crippen LogP contribution in [0.5, 0.6) is 0 Å². The number of hydrazine groups is 1. The molecule has 2 saturated heterocycles. The lowest BCUT2D eigenvalue weighted by Crippen LogP contribution is -2.54. The molecule has 3 fully saturated rings. The van der Waals surface area contributed by atoms with Crippen LogP contribution in [0.25, 0.3) is 0 Å². The molecule has 0 radical (unpaired) electrons. The monoisotopic (exact) mass is 252 g/mol. The lowest BCUT2D eigenvalue weighted by atomic mass is 9.85. The van der Waals surface area contributed by atoms with E-state index in [-0.39, 0.29) is 0 Å². The normalized spacial score (nSPS) is 30.5. The van der Waals surface area contributed by atoms with Gasteiger partial charge in [-0.2, -0.15) is 0 Å². The molecule has 1 saturated carbocycles. The maximum Gasteiger partial charge on any atom is 0.0143 e. The second kappa shape index (κ2) is 5.87. The van der Waals surface area contributed by atoms with Gasteiger partial charge < -0.3 is 4.90 Å². The molecule has 0 amide bonds. The summed E-state index contributed by atoms with van der Waals surface area (Å²) in [7, 11) is 0. The minimum Gasteiger partial charge on any atom is -0.301 e. The largest absolute Gasteiger partial charge is 0.301 e. The average molecular weight is 252 g/mol. The molecule has 3 aliphatic rings. The van der Waals surface area contributed by atoms with Crippen LogP contribution in [0, 0.1) is 5.92 Å². The van der Waals surface area contributed by atoms with Crippen molar-refractivity contribution < 1.29 is 0 Å². The predicted molar refractivity (Wildman–Crippen MR) is 74.1 cm³/mol. The molecule has 104 valence electrons. The van der Waals surface area contributed by atoms with E-state index in [1.54, 1.807) is 0 Å². The number of piperidine rings is 1. The molecule has 1 aliphatic carbocycles. The van der Waals surface area contributed by atoms with E-state index in [4.69, 9.17) is 5.84 Å². The van der Waals surface area contributed by atoms with Crippen LogP contribution in [0.15, 0.2) is 0 Å². The number of hydrogen-bond acceptors (Lipinski definition) is 4. The van der Waals surface area contributed by atoms with Gasteiger partial charge in [-0.15, -0.1) is 0 Å². The second-order valence-corrected chi connectivity index (χ2v) is 6.40. The van der Waals surface area contributed by atoms with Crippen LogP contribution in [0.4, 0.5) is 0 Å². The van der Waals surface area contributed by atoms with Gasteiger partial charge in [-0.25, -0.2) is 5.01 Å². The molecule has 0 bridgehead atoms. The summed E-state index contributed by atoms with van der Waals surface area (Å²) < 4.78 is 0. The zero-order valence-electron chi connectivity index (χ0n) is 11.6. The zero-order chi connectivity index (χ0) is 12.4. The maximum atomic E-state index is 5.83. The number of rotatable bonds is 3. The smallest absolute Gasteiger partial charge is 0.0143 e. The van der Waals surface area contributed by atoms with Gasteiger partial charge in [-0.3, -0.25) is 10.7 Å². The van der Waals surface area contributed by atoms with E-state index in [1.165, 1.54) is 64.8 Å². The molecule has 0 atom stereocenters. The van der Waals surface area contributed by atoms with Crippen molar-refractivity contribution >= 4 is 0 Å². The Kier molecular flexibility index (Phi) is 4.19. The Labute approximate surface area is 111 Å². The first-order valence-electron chi connectivity index (χ1n) is 7.77. The van der Waals surface area contributed by atoms with E-state index in [9.17, 15) is 0 Å². The predicted octanol–water partition coefficient (Wildman–Crippen LogP) is 0.742. The number of nitrogens with zero attached hydrogens (tertiary/aromatic N) is 3. The highest BCUT2D eigenvalue weighted by Crippen LogP contribution is 2.27. The highest BCUT2D eigenvalue weighted by atomic mass is 15.4. The quantitative estimate of drug-likeness (QED) is 0.752. The Morgan fingerprint density at radius 2 is 1.50 bits per heavy atom. The summed E-state index contributed by atoms with van der Waals surface area (Å²) in [5.41, 5.74) is 0. The molecule has 2 aliphatic heterocycles. The van der Waals surface area contributed by atoms with Crippen molar-refractivity contribution in [1.29, 1.82) is 0 Å². The Morgan fingerprint density at radius 3 is 2.06 bits per heavy atom. The summed E-state index contributed by atoms with van der Waals surface area (Å²) >= 11 is 0. The van der Waals surface area contributed by atoms with Crippen LogP contribution in [-0.2, 0) is 0 Å². The highest BCUT2D eigenvalue weighted by molar-refractivity contribution is 4.83. The van der Waals surface area contributed by atoms with E-state index in [2.05, 4.69) is 9.80 Å². The fourth-order valence-electron chi connectivity index (χ4n) is 3.60. The van der Waals surface area contributed by atoms with Crippen molar-refractivity contribution in [1.82, 2.24) is 14.8 Å². The van der Waals surface area contributed by atoms with Gasteiger partial charge in [0, 0.05) is 51.9 Å². The molecule has 2 N–H and O–H groups in total. The molecule has 4 nitrogen and oxygen atoms in total. The van der Waals surface area contributed by atoms with Crippen molar-refractivity contribution in [2.75, 3.05) is 45.8 Å². The lowest BCUT2D eigenvalue weighted by molar-refractivity contribution is 0.0477. The molecule has 18 heavy (non-hydrogen) atoms. The minimum absolute atomic E-state index is 0.802. The third-order valence-corrected chi connectivity index (χ3v) is 5.16. The van der Waals surface area contributed by atoms with Crippen LogP contribution in [-0.4, -0.2) is 66.7 Å². The minimum atomic E-state index is 0.802. The average Bonchev–Trinajstić information content (AvgIpc) is 2.36. The Morgan fingerprint density at radius 1 is 0.833 bits per heavy atom. The molecule has 3 rings (SSSR count). The summed E-state index contributed by atoms with van der Waals surface area (Å²) in [5.74, 6) is 6.86. The van der Waals surface area contributed by atoms with Gasteiger partial charge in [-0.1, -0.05) is 6.42 Å². The fourth-order valence-corrected chi connectivity index (χ4v) is 3.60. The van der Waals surface area contributed by atoms with Gasteiger partial charge in [-0.05, 0) is 31.6 Å². The standard InChI is InChI=1S/C14H28N4/c15-18-6-4-14(5-7-18)17-10-8-16(9-11-17)12-13-2-1-3-13/h13-14H,1-12,15H2. The Bertz CT molecular complexity index is 251. The second-order valence-electron chi connectivity index (χ2n) is 6.40. The van der Waals surface area contributed by atoms with E-state index in [1.807, 2.05) is 5.01 Å². The first kappa shape index (κ1) is 12.9. The number of hydrogen-bond donors (Lipinski definition) is 1. The van der Waals surface area contributed by atoms with Crippen molar-refractivity contribution in [2.45, 2.75) is 38.1 Å². The van der Waals surface area contributed by atoms with Crippen LogP contribution >= 0.6 is 0 Å². The fraction of sp³-hybridized carbons (Fsp3) is 1.00. The molecular formula is C14H28N4. The van der Waals surface area contributed by atoms with Crippen molar-refractivity contribution in [3.63, 3.8) is 0 Å². The summed E-state index contributed by atoms with van der Waals surface area (Å²) in [6.07, 6.45) is 6.96. The van der Waals surface area contributed by atoms with Crippen LogP contribution in [0.3, 0.4) is 0 Å². The first-order chi connectivity index (χ1) is 8.81. The first-order valence-corrected chi connectivity index (χ1v) is 7.77. The molecular weight excluding hydrogens is 224 g/mol. The van der Waals surface area contributed by atoms with Gasteiger partial charge in [0.2, 0.25) is 0 Å². The topological polar surface area (TPSA) is 35.7 Å². The van der Waals surface area contributed by atoms with Gasteiger partial charge in [0.15, 0.2) is 0 Å². The van der Waals surface area contributed by atoms with Crippen molar-refractivity contribution in [3.8, 4) is 0 Å². The number of piperazine rings is 1. The maximum absolute atomic E-state index is 5.83. The number of nitrogens with two attached hydrogens (primary N) is 1. The lowest BCUT2D eigenvalue weighted by Gasteiger charge is -2.43. The molecule has 0 unspecified atom stereocenters. The summed E-state index contributed by atoms with van der Waals surface area (Å²) in [4.78, 5) is 5.41. The van der Waals surface area contributed by atoms with Gasteiger partial charge >= 0.3 is 0 Å². The third kappa shape index (κ3) is 3.05. The molecule has 0 aromatic heterocycles. The third-order valence-electron chi connectivity index (χ3n) is 5.16.